The van der Waals surface area contributed by atoms with E-state index in [4.69, 9.17) is 16.3 Å². The topological polar surface area (TPSA) is 115 Å². The number of hydrogen-bond donors (Lipinski definition) is 1. The summed E-state index contributed by atoms with van der Waals surface area (Å²) < 4.78 is 22.2. The normalized spacial score (nSPS) is 15.2. The number of aryl methyl sites for hydroxylation is 1. The Kier molecular flexibility index (Phi) is 6.07. The van der Waals surface area contributed by atoms with Gasteiger partial charge in [0.25, 0.3) is 11.8 Å². The smallest absolute Gasteiger partial charge is 0.269 e. The van der Waals surface area contributed by atoms with Gasteiger partial charge in [0.15, 0.2) is 17.5 Å². The molecule has 4 aromatic heterocycles. The maximum atomic E-state index is 14.9. The van der Waals surface area contributed by atoms with E-state index in [0.717, 1.165) is 10.7 Å². The number of nitrogens with zero attached hydrogens (tertiary/aromatic N) is 6. The first kappa shape index (κ1) is 23.1. The SMILES string of the molecule is CNC(=O)c1ccc(OCC(=O)N2CCc3nc4sc(C)nn4c3C2c2ncccc2F)c(Cl)n1. The van der Waals surface area contributed by atoms with Gasteiger partial charge in [0, 0.05) is 26.2 Å². The van der Waals surface area contributed by atoms with Crippen LogP contribution in [0.3, 0.4) is 0 Å². The van der Waals surface area contributed by atoms with Crippen molar-refractivity contribution >= 4 is 39.7 Å². The molecule has 0 radical (unpaired) electrons. The first-order chi connectivity index (χ1) is 16.9. The number of carbonyl (C=O) groups excluding carboxylic acids is 2. The summed E-state index contributed by atoms with van der Waals surface area (Å²) in [7, 11) is 1.48. The van der Waals surface area contributed by atoms with E-state index in [2.05, 4.69) is 25.4 Å². The van der Waals surface area contributed by atoms with Crippen LogP contribution in [0.1, 0.15) is 38.6 Å². The molecule has 0 saturated carbocycles. The number of pyridine rings is 2. The summed E-state index contributed by atoms with van der Waals surface area (Å²) in [6.45, 7) is 1.77. The van der Waals surface area contributed by atoms with Crippen molar-refractivity contribution in [2.45, 2.75) is 19.4 Å². The largest absolute Gasteiger partial charge is 0.481 e. The molecule has 5 heterocycles. The molecule has 0 aliphatic carbocycles. The summed E-state index contributed by atoms with van der Waals surface area (Å²) in [4.78, 5) is 40.2. The van der Waals surface area contributed by atoms with Gasteiger partial charge in [-0.25, -0.2) is 18.9 Å². The van der Waals surface area contributed by atoms with E-state index in [-0.39, 0.29) is 28.9 Å². The highest BCUT2D eigenvalue weighted by molar-refractivity contribution is 7.16. The van der Waals surface area contributed by atoms with Crippen LogP contribution in [0.2, 0.25) is 5.15 Å². The summed E-state index contributed by atoms with van der Waals surface area (Å²) in [5.41, 5.74) is 1.58. The van der Waals surface area contributed by atoms with Crippen molar-refractivity contribution < 1.29 is 18.7 Å². The average molecular weight is 516 g/mol. The van der Waals surface area contributed by atoms with Crippen molar-refractivity contribution in [2.75, 3.05) is 20.2 Å². The fraction of sp³-hybridized carbons (Fsp3) is 0.273. The monoisotopic (exact) mass is 515 g/mol. The fourth-order valence-corrected chi connectivity index (χ4v) is 4.99. The molecule has 4 aromatic rings. The number of rotatable bonds is 5. The van der Waals surface area contributed by atoms with E-state index >= 15 is 0 Å². The molecule has 1 unspecified atom stereocenters. The quantitative estimate of drug-likeness (QED) is 0.406. The number of hydrogen-bond acceptors (Lipinski definition) is 8. The van der Waals surface area contributed by atoms with Gasteiger partial charge in [-0.2, -0.15) is 5.10 Å². The van der Waals surface area contributed by atoms with Crippen LogP contribution in [-0.4, -0.2) is 61.5 Å². The van der Waals surface area contributed by atoms with Crippen LogP contribution in [0, 0.1) is 12.7 Å². The van der Waals surface area contributed by atoms with Gasteiger partial charge in [0.1, 0.15) is 28.3 Å². The van der Waals surface area contributed by atoms with Crippen molar-refractivity contribution in [3.8, 4) is 5.75 Å². The Hall–Kier alpha value is -3.64. The van der Waals surface area contributed by atoms with Crippen molar-refractivity contribution in [1.29, 1.82) is 0 Å². The van der Waals surface area contributed by atoms with Gasteiger partial charge in [0.05, 0.1) is 11.4 Å². The van der Waals surface area contributed by atoms with E-state index in [1.165, 1.54) is 53.7 Å². The van der Waals surface area contributed by atoms with E-state index in [1.807, 2.05) is 6.92 Å². The van der Waals surface area contributed by atoms with Crippen LogP contribution in [0.15, 0.2) is 30.5 Å². The predicted molar refractivity (Wildman–Crippen MR) is 125 cm³/mol. The number of imidazole rings is 1. The average Bonchev–Trinajstić information content (AvgIpc) is 3.38. The Balaban J connectivity index is 1.46. The van der Waals surface area contributed by atoms with Crippen LogP contribution in [0.5, 0.6) is 5.75 Å². The highest BCUT2D eigenvalue weighted by Crippen LogP contribution is 2.37. The molecule has 0 aromatic carbocycles. The van der Waals surface area contributed by atoms with Crippen LogP contribution >= 0.6 is 22.9 Å². The Morgan fingerprint density at radius 1 is 1.31 bits per heavy atom. The van der Waals surface area contributed by atoms with Crippen LogP contribution in [0.25, 0.3) is 4.96 Å². The molecule has 1 atom stereocenters. The molecule has 1 aliphatic rings. The Bertz CT molecular complexity index is 1460. The molecule has 13 heteroatoms. The van der Waals surface area contributed by atoms with Crippen LogP contribution in [0.4, 0.5) is 4.39 Å². The molecule has 0 spiro atoms. The zero-order valence-electron chi connectivity index (χ0n) is 18.7. The summed E-state index contributed by atoms with van der Waals surface area (Å²) in [5.74, 6) is -1.20. The zero-order chi connectivity index (χ0) is 24.7. The Labute approximate surface area is 207 Å². The zero-order valence-corrected chi connectivity index (χ0v) is 20.2. The highest BCUT2D eigenvalue weighted by Gasteiger charge is 2.39. The van der Waals surface area contributed by atoms with Gasteiger partial charge < -0.3 is 15.0 Å². The van der Waals surface area contributed by atoms with E-state index in [0.29, 0.717) is 23.6 Å². The molecule has 5 rings (SSSR count). The minimum absolute atomic E-state index is 0.0532. The number of aromatic nitrogens is 5. The molecule has 2 amide bonds. The van der Waals surface area contributed by atoms with Gasteiger partial charge >= 0.3 is 0 Å². The van der Waals surface area contributed by atoms with E-state index in [9.17, 15) is 14.0 Å². The molecule has 0 bridgehead atoms. The van der Waals surface area contributed by atoms with Crippen molar-refractivity contribution in [2.24, 2.45) is 0 Å². The van der Waals surface area contributed by atoms with Gasteiger partial charge in [-0.15, -0.1) is 0 Å². The second kappa shape index (κ2) is 9.19. The number of carbonyl (C=O) groups is 2. The molecule has 10 nitrogen and oxygen atoms in total. The number of ether oxygens (including phenoxy) is 1. The van der Waals surface area contributed by atoms with Crippen LogP contribution in [-0.2, 0) is 11.2 Å². The second-order valence-electron chi connectivity index (χ2n) is 7.72. The third-order valence-electron chi connectivity index (χ3n) is 5.57. The minimum Gasteiger partial charge on any atom is -0.481 e. The standard InChI is InChI=1S/C22H19ClFN7O3S/c1-11-29-31-18-13(28-22(31)35-11)7-9-30(19(18)17-12(24)4-3-8-26-17)16(32)10-34-15-6-5-14(21(33)25-2)27-20(15)23/h3-6,8,19H,7,9-10H2,1-2H3,(H,25,33). The number of nitrogens with one attached hydrogen (secondary N) is 1. The van der Waals surface area contributed by atoms with Gasteiger partial charge in [-0.1, -0.05) is 22.9 Å². The first-order valence-electron chi connectivity index (χ1n) is 10.6. The Morgan fingerprint density at radius 3 is 2.89 bits per heavy atom. The summed E-state index contributed by atoms with van der Waals surface area (Å²) in [6, 6.07) is 4.87. The summed E-state index contributed by atoms with van der Waals surface area (Å²) in [6.07, 6.45) is 1.96. The first-order valence-corrected chi connectivity index (χ1v) is 11.8. The molecule has 35 heavy (non-hydrogen) atoms. The van der Waals surface area contributed by atoms with Crippen molar-refractivity contribution in [3.63, 3.8) is 0 Å². The molecule has 0 saturated heterocycles. The second-order valence-corrected chi connectivity index (χ2v) is 9.24. The van der Waals surface area contributed by atoms with E-state index < -0.39 is 23.7 Å². The molecule has 1 aliphatic heterocycles. The molecular formula is C22H19ClFN7O3S. The van der Waals surface area contributed by atoms with Crippen LogP contribution < -0.4 is 10.1 Å². The maximum absolute atomic E-state index is 14.9. The molecule has 1 N–H and O–H groups in total. The van der Waals surface area contributed by atoms with Gasteiger partial charge in [0.2, 0.25) is 4.96 Å². The number of fused-ring (bicyclic) bond motifs is 3. The Morgan fingerprint density at radius 2 is 2.14 bits per heavy atom. The maximum Gasteiger partial charge on any atom is 0.269 e. The number of halogens is 2. The predicted octanol–water partition coefficient (Wildman–Crippen LogP) is 2.59. The molecular weight excluding hydrogens is 497 g/mol. The summed E-state index contributed by atoms with van der Waals surface area (Å²) in [5, 5.41) is 7.71. The number of amides is 2. The van der Waals surface area contributed by atoms with Gasteiger partial charge in [-0.05, 0) is 31.2 Å². The minimum atomic E-state index is -0.836. The lowest BCUT2D eigenvalue weighted by molar-refractivity contribution is -0.135. The van der Waals surface area contributed by atoms with E-state index in [1.54, 1.807) is 4.52 Å². The van der Waals surface area contributed by atoms with Gasteiger partial charge in [-0.3, -0.25) is 14.6 Å². The lowest BCUT2D eigenvalue weighted by atomic mass is 9.98. The molecule has 180 valence electrons. The fourth-order valence-electron chi connectivity index (χ4n) is 4.01. The van der Waals surface area contributed by atoms with Crippen molar-refractivity contribution in [3.05, 3.63) is 69.2 Å². The highest BCUT2D eigenvalue weighted by atomic mass is 35.5. The lowest BCUT2D eigenvalue weighted by Crippen LogP contribution is -2.44. The lowest BCUT2D eigenvalue weighted by Gasteiger charge is -2.34. The third-order valence-corrected chi connectivity index (χ3v) is 6.66. The molecule has 0 fully saturated rings. The summed E-state index contributed by atoms with van der Waals surface area (Å²) >= 11 is 7.56. The van der Waals surface area contributed by atoms with Crippen molar-refractivity contribution in [1.82, 2.24) is 34.8 Å². The third kappa shape index (κ3) is 4.19.